The second-order valence-corrected chi connectivity index (χ2v) is 8.32. The summed E-state index contributed by atoms with van der Waals surface area (Å²) >= 11 is 0. The standard InChI is InChI=1S/C20H20N2O7S/c1-28-20(23)18-8-5-9-19(29-14-15-6-3-2-4-7-15)21(18)30(26,27)17-12-10-16(11-13-17)22(24)25/h2-7,9-13,18-19H,8,14H2,1H3/t18-,19-/m0/s1. The molecule has 0 spiro atoms. The van der Waals surface area contributed by atoms with Gasteiger partial charge in [-0.1, -0.05) is 36.4 Å². The highest BCUT2D eigenvalue weighted by molar-refractivity contribution is 7.89. The Balaban J connectivity index is 1.95. The molecule has 0 radical (unpaired) electrons. The molecule has 2 atom stereocenters. The second kappa shape index (κ2) is 9.16. The Morgan fingerprint density at radius 3 is 2.43 bits per heavy atom. The summed E-state index contributed by atoms with van der Waals surface area (Å²) < 4.78 is 38.3. The smallest absolute Gasteiger partial charge is 0.324 e. The fourth-order valence-electron chi connectivity index (χ4n) is 3.08. The number of rotatable bonds is 7. The van der Waals surface area contributed by atoms with Crippen LogP contribution in [0, 0.1) is 10.1 Å². The van der Waals surface area contributed by atoms with Crippen molar-refractivity contribution in [1.29, 1.82) is 0 Å². The Morgan fingerprint density at radius 2 is 1.83 bits per heavy atom. The number of nitro benzene ring substituents is 1. The van der Waals surface area contributed by atoms with E-state index in [1.54, 1.807) is 12.2 Å². The van der Waals surface area contributed by atoms with E-state index < -0.39 is 33.2 Å². The van der Waals surface area contributed by atoms with Gasteiger partial charge in [-0.2, -0.15) is 4.31 Å². The van der Waals surface area contributed by atoms with E-state index in [1.807, 2.05) is 30.3 Å². The summed E-state index contributed by atoms with van der Waals surface area (Å²) in [4.78, 5) is 22.4. The van der Waals surface area contributed by atoms with Crippen molar-refractivity contribution >= 4 is 21.7 Å². The molecular formula is C20H20N2O7S. The summed E-state index contributed by atoms with van der Waals surface area (Å²) in [6.45, 7) is 0.121. The number of nitro groups is 1. The average molecular weight is 432 g/mol. The lowest BCUT2D eigenvalue weighted by molar-refractivity contribution is -0.384. The average Bonchev–Trinajstić information content (AvgIpc) is 2.77. The first-order valence-corrected chi connectivity index (χ1v) is 10.5. The number of benzene rings is 2. The van der Waals surface area contributed by atoms with E-state index in [-0.39, 0.29) is 23.6 Å². The quantitative estimate of drug-likeness (QED) is 0.286. The highest BCUT2D eigenvalue weighted by Crippen LogP contribution is 2.29. The van der Waals surface area contributed by atoms with Crippen molar-refractivity contribution in [2.45, 2.75) is 30.2 Å². The minimum absolute atomic E-state index is 0.115. The van der Waals surface area contributed by atoms with Gasteiger partial charge >= 0.3 is 5.97 Å². The van der Waals surface area contributed by atoms with Gasteiger partial charge in [0, 0.05) is 12.1 Å². The lowest BCUT2D eigenvalue weighted by atomic mass is 10.1. The number of esters is 1. The molecule has 9 nitrogen and oxygen atoms in total. The van der Waals surface area contributed by atoms with Crippen molar-refractivity contribution in [2.75, 3.05) is 7.11 Å². The second-order valence-electron chi connectivity index (χ2n) is 6.48. The van der Waals surface area contributed by atoms with Crippen molar-refractivity contribution < 1.29 is 27.6 Å². The van der Waals surface area contributed by atoms with Gasteiger partial charge in [0.2, 0.25) is 10.0 Å². The van der Waals surface area contributed by atoms with Crippen LogP contribution in [-0.2, 0) is 30.9 Å². The number of sulfonamides is 1. The first-order valence-electron chi connectivity index (χ1n) is 9.02. The van der Waals surface area contributed by atoms with E-state index in [1.165, 1.54) is 7.11 Å². The summed E-state index contributed by atoms with van der Waals surface area (Å²) in [6.07, 6.45) is 2.29. The highest BCUT2D eigenvalue weighted by Gasteiger charge is 2.42. The third kappa shape index (κ3) is 4.56. The molecular weight excluding hydrogens is 412 g/mol. The summed E-state index contributed by atoms with van der Waals surface area (Å²) in [5, 5.41) is 10.9. The molecule has 0 unspecified atom stereocenters. The van der Waals surface area contributed by atoms with Gasteiger partial charge in [0.1, 0.15) is 12.3 Å². The van der Waals surface area contributed by atoms with E-state index in [2.05, 4.69) is 0 Å². The molecule has 30 heavy (non-hydrogen) atoms. The third-order valence-corrected chi connectivity index (χ3v) is 6.46. The number of hydrogen-bond donors (Lipinski definition) is 0. The van der Waals surface area contributed by atoms with Crippen molar-refractivity contribution in [1.82, 2.24) is 4.31 Å². The van der Waals surface area contributed by atoms with Gasteiger partial charge in [0.25, 0.3) is 5.69 Å². The van der Waals surface area contributed by atoms with Crippen LogP contribution in [0.15, 0.2) is 71.6 Å². The normalized spacial score (nSPS) is 19.4. The largest absolute Gasteiger partial charge is 0.468 e. The molecule has 2 aromatic rings. The van der Waals surface area contributed by atoms with Crippen molar-refractivity contribution in [3.63, 3.8) is 0 Å². The minimum Gasteiger partial charge on any atom is -0.468 e. The Kier molecular flexibility index (Phi) is 6.60. The minimum atomic E-state index is -4.23. The molecule has 0 aromatic heterocycles. The number of carbonyl (C=O) groups excluding carboxylic acids is 1. The maximum atomic E-state index is 13.4. The Morgan fingerprint density at radius 1 is 1.17 bits per heavy atom. The first-order chi connectivity index (χ1) is 14.3. The van der Waals surface area contributed by atoms with Crippen molar-refractivity contribution in [2.24, 2.45) is 0 Å². The van der Waals surface area contributed by atoms with Crippen LogP contribution in [0.4, 0.5) is 5.69 Å². The number of nitrogens with zero attached hydrogens (tertiary/aromatic N) is 2. The Hall–Kier alpha value is -3.08. The number of carbonyl (C=O) groups is 1. The predicted molar refractivity (Wildman–Crippen MR) is 107 cm³/mol. The van der Waals surface area contributed by atoms with E-state index in [4.69, 9.17) is 9.47 Å². The van der Waals surface area contributed by atoms with Crippen LogP contribution in [0.25, 0.3) is 0 Å². The summed E-state index contributed by atoms with van der Waals surface area (Å²) in [6, 6.07) is 12.5. The summed E-state index contributed by atoms with van der Waals surface area (Å²) in [5.41, 5.74) is 0.590. The van der Waals surface area contributed by atoms with Gasteiger partial charge in [-0.05, 0) is 30.2 Å². The molecule has 158 valence electrons. The molecule has 0 amide bonds. The molecule has 0 saturated heterocycles. The van der Waals surface area contributed by atoms with Crippen LogP contribution in [0.2, 0.25) is 0 Å². The van der Waals surface area contributed by atoms with E-state index in [9.17, 15) is 23.3 Å². The van der Waals surface area contributed by atoms with Gasteiger partial charge < -0.3 is 9.47 Å². The fraction of sp³-hybridized carbons (Fsp3) is 0.250. The fourth-order valence-corrected chi connectivity index (χ4v) is 4.71. The zero-order valence-corrected chi connectivity index (χ0v) is 16.9. The molecule has 0 fully saturated rings. The predicted octanol–water partition coefficient (Wildman–Crippen LogP) is 2.63. The van der Waals surface area contributed by atoms with Crippen LogP contribution >= 0.6 is 0 Å². The Labute approximate surface area is 173 Å². The van der Waals surface area contributed by atoms with Crippen LogP contribution in [0.5, 0.6) is 0 Å². The molecule has 0 bridgehead atoms. The molecule has 1 aliphatic rings. The SMILES string of the molecule is COC(=O)[C@@H]1CC=C[C@H](OCc2ccccc2)N1S(=O)(=O)c1ccc([N+](=O)[O-])cc1. The Bertz CT molecular complexity index is 1040. The molecule has 0 aliphatic carbocycles. The van der Waals surface area contributed by atoms with Gasteiger partial charge in [-0.25, -0.2) is 8.42 Å². The molecule has 0 saturated carbocycles. The van der Waals surface area contributed by atoms with Gasteiger partial charge in [0.05, 0.1) is 23.5 Å². The molecule has 10 heteroatoms. The maximum absolute atomic E-state index is 13.4. The summed E-state index contributed by atoms with van der Waals surface area (Å²) in [7, 11) is -3.05. The van der Waals surface area contributed by atoms with Crippen LogP contribution < -0.4 is 0 Å². The van der Waals surface area contributed by atoms with Gasteiger partial charge in [0.15, 0.2) is 0 Å². The lowest BCUT2D eigenvalue weighted by Gasteiger charge is -2.36. The van der Waals surface area contributed by atoms with Crippen molar-refractivity contribution in [3.05, 3.63) is 82.4 Å². The number of non-ortho nitro benzene ring substituents is 1. The third-order valence-electron chi connectivity index (χ3n) is 4.58. The molecule has 2 aromatic carbocycles. The van der Waals surface area contributed by atoms with Crippen LogP contribution in [-0.4, -0.2) is 43.0 Å². The number of hydrogen-bond acceptors (Lipinski definition) is 7. The van der Waals surface area contributed by atoms with E-state index >= 15 is 0 Å². The zero-order chi connectivity index (χ0) is 21.7. The monoisotopic (exact) mass is 432 g/mol. The number of ether oxygens (including phenoxy) is 2. The molecule has 3 rings (SSSR count). The van der Waals surface area contributed by atoms with Crippen molar-refractivity contribution in [3.8, 4) is 0 Å². The molecule has 1 aliphatic heterocycles. The maximum Gasteiger partial charge on any atom is 0.324 e. The summed E-state index contributed by atoms with van der Waals surface area (Å²) in [5.74, 6) is -0.724. The number of methoxy groups -OCH3 is 1. The van der Waals surface area contributed by atoms with Gasteiger partial charge in [-0.15, -0.1) is 0 Å². The van der Waals surface area contributed by atoms with Gasteiger partial charge in [-0.3, -0.25) is 14.9 Å². The highest BCUT2D eigenvalue weighted by atomic mass is 32.2. The lowest BCUT2D eigenvalue weighted by Crippen LogP contribution is -2.52. The van der Waals surface area contributed by atoms with Crippen LogP contribution in [0.3, 0.4) is 0 Å². The molecule has 0 N–H and O–H groups in total. The van der Waals surface area contributed by atoms with E-state index in [0.717, 1.165) is 34.1 Å². The molecule has 1 heterocycles. The van der Waals surface area contributed by atoms with Crippen LogP contribution in [0.1, 0.15) is 12.0 Å². The zero-order valence-electron chi connectivity index (χ0n) is 16.1. The first kappa shape index (κ1) is 21.6. The topological polar surface area (TPSA) is 116 Å². The van der Waals surface area contributed by atoms with E-state index in [0.29, 0.717) is 0 Å².